The molecule has 0 N–H and O–H groups in total. The molecule has 100 valence electrons. The van der Waals surface area contributed by atoms with Crippen LogP contribution in [-0.4, -0.2) is 18.5 Å². The van der Waals surface area contributed by atoms with Crippen molar-refractivity contribution >= 4 is 11.9 Å². The molecule has 0 bridgehead atoms. The molecule has 1 aliphatic rings. The van der Waals surface area contributed by atoms with E-state index < -0.39 is 17.5 Å². The maximum Gasteiger partial charge on any atom is 0.346 e. The summed E-state index contributed by atoms with van der Waals surface area (Å²) < 4.78 is 10.3. The molecule has 4 heteroatoms. The van der Waals surface area contributed by atoms with Crippen molar-refractivity contribution in [2.75, 3.05) is 6.61 Å². The molecule has 1 aromatic rings. The van der Waals surface area contributed by atoms with Gasteiger partial charge >= 0.3 is 11.9 Å². The predicted molar refractivity (Wildman–Crippen MR) is 69.2 cm³/mol. The van der Waals surface area contributed by atoms with Crippen molar-refractivity contribution in [3.05, 3.63) is 47.0 Å². The Morgan fingerprint density at radius 1 is 1.32 bits per heavy atom. The Kier molecular flexibility index (Phi) is 3.42. The second-order valence-corrected chi connectivity index (χ2v) is 4.51. The first-order valence-electron chi connectivity index (χ1n) is 6.18. The molecule has 1 aliphatic heterocycles. The van der Waals surface area contributed by atoms with E-state index in [9.17, 15) is 9.59 Å². The summed E-state index contributed by atoms with van der Waals surface area (Å²) in [7, 11) is 0. The summed E-state index contributed by atoms with van der Waals surface area (Å²) in [6.07, 6.45) is 0. The van der Waals surface area contributed by atoms with Gasteiger partial charge < -0.3 is 9.47 Å². The third kappa shape index (κ3) is 2.14. The molecule has 0 amide bonds. The van der Waals surface area contributed by atoms with Crippen molar-refractivity contribution in [3.63, 3.8) is 0 Å². The van der Waals surface area contributed by atoms with E-state index in [0.717, 1.165) is 5.56 Å². The van der Waals surface area contributed by atoms with Crippen LogP contribution in [0.4, 0.5) is 0 Å². The van der Waals surface area contributed by atoms with Gasteiger partial charge in [-0.25, -0.2) is 9.59 Å². The first-order valence-corrected chi connectivity index (χ1v) is 6.18. The molecule has 0 saturated heterocycles. The van der Waals surface area contributed by atoms with E-state index in [4.69, 9.17) is 9.47 Å². The Morgan fingerprint density at radius 3 is 2.53 bits per heavy atom. The molecule has 4 nitrogen and oxygen atoms in total. The van der Waals surface area contributed by atoms with Gasteiger partial charge in [0.15, 0.2) is 5.60 Å². The van der Waals surface area contributed by atoms with Gasteiger partial charge in [0.2, 0.25) is 0 Å². The van der Waals surface area contributed by atoms with Crippen molar-refractivity contribution < 1.29 is 19.1 Å². The van der Waals surface area contributed by atoms with Gasteiger partial charge in [-0.2, -0.15) is 0 Å². The Balaban J connectivity index is 2.46. The third-order valence-corrected chi connectivity index (χ3v) is 3.40. The highest BCUT2D eigenvalue weighted by molar-refractivity contribution is 6.16. The summed E-state index contributed by atoms with van der Waals surface area (Å²) in [6.45, 7) is 5.43. The number of benzene rings is 1. The summed E-state index contributed by atoms with van der Waals surface area (Å²) in [5, 5.41) is 0. The second-order valence-electron chi connectivity index (χ2n) is 4.51. The third-order valence-electron chi connectivity index (χ3n) is 3.40. The minimum absolute atomic E-state index is 0.00760. The molecule has 0 fully saturated rings. The molecule has 0 saturated carbocycles. The maximum atomic E-state index is 11.9. The van der Waals surface area contributed by atoms with E-state index in [2.05, 4.69) is 0 Å². The Labute approximate surface area is 112 Å². The van der Waals surface area contributed by atoms with E-state index in [-0.39, 0.29) is 12.2 Å². The molecule has 19 heavy (non-hydrogen) atoms. The van der Waals surface area contributed by atoms with E-state index in [1.165, 1.54) is 0 Å². The number of carbonyl (C=O) groups is 2. The van der Waals surface area contributed by atoms with Crippen molar-refractivity contribution in [1.82, 2.24) is 0 Å². The van der Waals surface area contributed by atoms with Crippen LogP contribution in [-0.2, 0) is 24.7 Å². The molecule has 0 aromatic heterocycles. The summed E-state index contributed by atoms with van der Waals surface area (Å²) >= 11 is 0. The molecule has 0 aliphatic carbocycles. The number of rotatable bonds is 3. The summed E-state index contributed by atoms with van der Waals surface area (Å²) in [6, 6.07) is 9.35. The number of esters is 2. The number of carbonyl (C=O) groups excluding carboxylic acids is 2. The fourth-order valence-electron chi connectivity index (χ4n) is 2.18. The highest BCUT2D eigenvalue weighted by Gasteiger charge is 2.45. The van der Waals surface area contributed by atoms with Crippen LogP contribution in [0.15, 0.2) is 41.5 Å². The predicted octanol–water partition coefficient (Wildman–Crippen LogP) is 2.34. The first kappa shape index (κ1) is 13.3. The molecule has 1 unspecified atom stereocenters. The largest absolute Gasteiger partial charge is 0.462 e. The number of ether oxygens (including phenoxy) is 2. The highest BCUT2D eigenvalue weighted by atomic mass is 16.6. The van der Waals surface area contributed by atoms with Crippen LogP contribution in [0.1, 0.15) is 26.3 Å². The number of hydrogen-bond donors (Lipinski definition) is 0. The second kappa shape index (κ2) is 4.88. The lowest BCUT2D eigenvalue weighted by Crippen LogP contribution is -2.24. The smallest absolute Gasteiger partial charge is 0.346 e. The molecule has 1 atom stereocenters. The van der Waals surface area contributed by atoms with Gasteiger partial charge in [0.25, 0.3) is 0 Å². The molecule has 0 spiro atoms. The molecular formula is C15H16O4. The Hall–Kier alpha value is -2.10. The van der Waals surface area contributed by atoms with E-state index in [1.807, 2.05) is 30.3 Å². The van der Waals surface area contributed by atoms with Crippen molar-refractivity contribution in [2.24, 2.45) is 0 Å². The summed E-state index contributed by atoms with van der Waals surface area (Å²) in [5.74, 6) is -1.24. The fraction of sp³-hybridized carbons (Fsp3) is 0.333. The SMILES string of the molecule is CCOC(=O)C1=C(C)C(C)(c2ccccc2)OC1=O. The molecule has 0 radical (unpaired) electrons. The zero-order valence-corrected chi connectivity index (χ0v) is 11.2. The van der Waals surface area contributed by atoms with Crippen LogP contribution in [0, 0.1) is 0 Å². The number of cyclic esters (lactones) is 1. The molecule has 2 rings (SSSR count). The van der Waals surface area contributed by atoms with Crippen LogP contribution in [0.3, 0.4) is 0 Å². The normalized spacial score (nSPS) is 22.4. The van der Waals surface area contributed by atoms with Crippen LogP contribution in [0.2, 0.25) is 0 Å². The van der Waals surface area contributed by atoms with Gasteiger partial charge in [-0.3, -0.25) is 0 Å². The quantitative estimate of drug-likeness (QED) is 0.618. The topological polar surface area (TPSA) is 52.6 Å². The Bertz CT molecular complexity index is 545. The zero-order valence-electron chi connectivity index (χ0n) is 11.2. The van der Waals surface area contributed by atoms with Crippen LogP contribution >= 0.6 is 0 Å². The molecule has 1 aromatic carbocycles. The van der Waals surface area contributed by atoms with E-state index >= 15 is 0 Å². The number of hydrogen-bond acceptors (Lipinski definition) is 4. The standard InChI is InChI=1S/C15H16O4/c1-4-18-13(16)12-10(2)15(3,19-14(12)17)11-8-6-5-7-9-11/h5-9H,4H2,1-3H3. The first-order chi connectivity index (χ1) is 9.00. The van der Waals surface area contributed by atoms with Gasteiger partial charge in [-0.05, 0) is 31.9 Å². The minimum atomic E-state index is -0.902. The van der Waals surface area contributed by atoms with Gasteiger partial charge in [0.1, 0.15) is 5.57 Å². The van der Waals surface area contributed by atoms with Gasteiger partial charge in [0.05, 0.1) is 6.61 Å². The maximum absolute atomic E-state index is 11.9. The lowest BCUT2D eigenvalue weighted by Gasteiger charge is -2.25. The summed E-state index contributed by atoms with van der Waals surface area (Å²) in [4.78, 5) is 23.7. The monoisotopic (exact) mass is 260 g/mol. The lowest BCUT2D eigenvalue weighted by molar-refractivity contribution is -0.150. The average molecular weight is 260 g/mol. The molecule has 1 heterocycles. The van der Waals surface area contributed by atoms with Gasteiger partial charge in [-0.1, -0.05) is 30.3 Å². The Morgan fingerprint density at radius 2 is 1.95 bits per heavy atom. The van der Waals surface area contributed by atoms with Crippen LogP contribution < -0.4 is 0 Å². The molecular weight excluding hydrogens is 244 g/mol. The van der Waals surface area contributed by atoms with E-state index in [1.54, 1.807) is 20.8 Å². The van der Waals surface area contributed by atoms with Crippen molar-refractivity contribution in [3.8, 4) is 0 Å². The average Bonchev–Trinajstić information content (AvgIpc) is 2.62. The highest BCUT2D eigenvalue weighted by Crippen LogP contribution is 2.41. The zero-order chi connectivity index (χ0) is 14.0. The minimum Gasteiger partial charge on any atom is -0.462 e. The van der Waals surface area contributed by atoms with Gasteiger partial charge in [0, 0.05) is 0 Å². The summed E-state index contributed by atoms with van der Waals surface area (Å²) in [5.41, 5.74) is 0.524. The lowest BCUT2D eigenvalue weighted by atomic mass is 9.88. The van der Waals surface area contributed by atoms with Crippen molar-refractivity contribution in [1.29, 1.82) is 0 Å². The van der Waals surface area contributed by atoms with Crippen LogP contribution in [0.5, 0.6) is 0 Å². The van der Waals surface area contributed by atoms with E-state index in [0.29, 0.717) is 5.57 Å². The van der Waals surface area contributed by atoms with Crippen LogP contribution in [0.25, 0.3) is 0 Å². The fourth-order valence-corrected chi connectivity index (χ4v) is 2.18. The van der Waals surface area contributed by atoms with Gasteiger partial charge in [-0.15, -0.1) is 0 Å². The van der Waals surface area contributed by atoms with Crippen molar-refractivity contribution in [2.45, 2.75) is 26.4 Å².